The molecule has 0 aliphatic carbocycles. The van der Waals surface area contributed by atoms with Crippen molar-refractivity contribution >= 4 is 21.4 Å². The second kappa shape index (κ2) is 5.82. The zero-order chi connectivity index (χ0) is 19.2. The van der Waals surface area contributed by atoms with E-state index in [1.165, 1.54) is 6.07 Å². The van der Waals surface area contributed by atoms with Crippen molar-refractivity contribution in [1.29, 1.82) is 0 Å². The first kappa shape index (κ1) is 17.4. The van der Waals surface area contributed by atoms with Crippen LogP contribution in [0, 0.1) is 0 Å². The molecule has 0 radical (unpaired) electrons. The molecular formula is C15H10O10S. The molecule has 26 heavy (non-hydrogen) atoms. The fourth-order valence-corrected chi connectivity index (χ4v) is 2.65. The molecule has 0 bridgehead atoms. The van der Waals surface area contributed by atoms with Gasteiger partial charge in [-0.15, -0.1) is 0 Å². The van der Waals surface area contributed by atoms with Gasteiger partial charge in [0.05, 0.1) is 0 Å². The monoisotopic (exact) mass is 382 g/mol. The molecule has 0 unspecified atom stereocenters. The van der Waals surface area contributed by atoms with Crippen LogP contribution in [0.3, 0.4) is 0 Å². The van der Waals surface area contributed by atoms with Crippen LogP contribution in [0.1, 0.15) is 0 Å². The smallest absolute Gasteiger partial charge is 0.446 e. The molecule has 0 fully saturated rings. The number of hydrogen-bond donors (Lipinski definition) is 5. The van der Waals surface area contributed by atoms with E-state index in [-0.39, 0.29) is 22.7 Å². The van der Waals surface area contributed by atoms with E-state index in [2.05, 4.69) is 4.18 Å². The summed E-state index contributed by atoms with van der Waals surface area (Å²) in [4.78, 5) is 12.3. The van der Waals surface area contributed by atoms with Crippen LogP contribution < -0.4 is 9.61 Å². The predicted octanol–water partition coefficient (Wildman–Crippen LogP) is 1.46. The van der Waals surface area contributed by atoms with Crippen molar-refractivity contribution in [2.24, 2.45) is 0 Å². The Bertz CT molecular complexity index is 1190. The fraction of sp³-hybridized carbons (Fsp3) is 0. The molecule has 5 N–H and O–H groups in total. The van der Waals surface area contributed by atoms with Crippen LogP contribution in [0.4, 0.5) is 0 Å². The molecule has 0 atom stereocenters. The maximum absolute atomic E-state index is 12.3. The maximum Gasteiger partial charge on any atom is 0.446 e. The first-order chi connectivity index (χ1) is 12.1. The van der Waals surface area contributed by atoms with Gasteiger partial charge >= 0.3 is 10.4 Å². The zero-order valence-corrected chi connectivity index (χ0v) is 13.4. The van der Waals surface area contributed by atoms with Gasteiger partial charge in [0.1, 0.15) is 16.7 Å². The Balaban J connectivity index is 2.26. The van der Waals surface area contributed by atoms with E-state index in [1.807, 2.05) is 0 Å². The Hall–Kier alpha value is -3.44. The van der Waals surface area contributed by atoms with Gasteiger partial charge in [0.2, 0.25) is 5.75 Å². The van der Waals surface area contributed by atoms with Crippen molar-refractivity contribution in [3.63, 3.8) is 0 Å². The average molecular weight is 382 g/mol. The molecular weight excluding hydrogens is 372 g/mol. The molecule has 0 saturated carbocycles. The van der Waals surface area contributed by atoms with Crippen LogP contribution in [0.2, 0.25) is 0 Å². The quantitative estimate of drug-likeness (QED) is 0.329. The summed E-state index contributed by atoms with van der Waals surface area (Å²) in [5, 5.41) is 38.2. The van der Waals surface area contributed by atoms with Gasteiger partial charge in [0.15, 0.2) is 28.4 Å². The SMILES string of the molecule is O=c1cc(-c2ccc(O)c(O)c2)oc2cc(O)c(OS(=O)(=O)O)c(O)c12. The van der Waals surface area contributed by atoms with Crippen LogP contribution in [0.15, 0.2) is 39.5 Å². The Morgan fingerprint density at radius 2 is 1.62 bits per heavy atom. The Labute approximate surface area is 144 Å². The van der Waals surface area contributed by atoms with Gasteiger partial charge in [0, 0.05) is 17.7 Å². The van der Waals surface area contributed by atoms with E-state index in [0.717, 1.165) is 24.3 Å². The lowest BCUT2D eigenvalue weighted by molar-refractivity contribution is 0.355. The van der Waals surface area contributed by atoms with Gasteiger partial charge < -0.3 is 29.0 Å². The lowest BCUT2D eigenvalue weighted by Crippen LogP contribution is -2.08. The molecule has 11 heteroatoms. The summed E-state index contributed by atoms with van der Waals surface area (Å²) in [6.07, 6.45) is 0. The molecule has 0 amide bonds. The minimum atomic E-state index is -5.07. The van der Waals surface area contributed by atoms with E-state index in [0.29, 0.717) is 0 Å². The normalized spacial score (nSPS) is 11.6. The number of hydrogen-bond acceptors (Lipinski definition) is 9. The Morgan fingerprint density at radius 3 is 2.23 bits per heavy atom. The number of benzene rings is 2. The fourth-order valence-electron chi connectivity index (χ4n) is 2.28. The highest BCUT2D eigenvalue weighted by molar-refractivity contribution is 7.81. The second-order valence-electron chi connectivity index (χ2n) is 5.14. The maximum atomic E-state index is 12.3. The highest BCUT2D eigenvalue weighted by atomic mass is 32.3. The number of phenolic OH excluding ortho intramolecular Hbond substituents is 4. The summed E-state index contributed by atoms with van der Waals surface area (Å²) >= 11 is 0. The summed E-state index contributed by atoms with van der Waals surface area (Å²) in [6, 6.07) is 5.36. The van der Waals surface area contributed by atoms with Crippen molar-refractivity contribution in [2.45, 2.75) is 0 Å². The average Bonchev–Trinajstić information content (AvgIpc) is 2.52. The molecule has 136 valence electrons. The third kappa shape index (κ3) is 3.08. The van der Waals surface area contributed by atoms with E-state index >= 15 is 0 Å². The van der Waals surface area contributed by atoms with Gasteiger partial charge in [-0.05, 0) is 18.2 Å². The lowest BCUT2D eigenvalue weighted by Gasteiger charge is -2.10. The first-order valence-electron chi connectivity index (χ1n) is 6.79. The van der Waals surface area contributed by atoms with Crippen molar-refractivity contribution in [1.82, 2.24) is 0 Å². The largest absolute Gasteiger partial charge is 0.504 e. The molecule has 0 aliphatic heterocycles. The summed E-state index contributed by atoms with van der Waals surface area (Å²) < 4.78 is 39.7. The minimum absolute atomic E-state index is 0.0694. The number of rotatable bonds is 3. The molecule has 0 aliphatic rings. The zero-order valence-electron chi connectivity index (χ0n) is 12.6. The molecule has 3 rings (SSSR count). The third-order valence-electron chi connectivity index (χ3n) is 3.38. The van der Waals surface area contributed by atoms with Gasteiger partial charge in [-0.3, -0.25) is 9.35 Å². The van der Waals surface area contributed by atoms with Gasteiger partial charge in [-0.2, -0.15) is 8.42 Å². The van der Waals surface area contributed by atoms with E-state index in [9.17, 15) is 33.6 Å². The van der Waals surface area contributed by atoms with E-state index in [1.54, 1.807) is 0 Å². The molecule has 1 heterocycles. The molecule has 0 saturated heterocycles. The van der Waals surface area contributed by atoms with Crippen LogP contribution in [0.25, 0.3) is 22.3 Å². The Morgan fingerprint density at radius 1 is 0.923 bits per heavy atom. The molecule has 3 aromatic rings. The highest BCUT2D eigenvalue weighted by Gasteiger charge is 2.23. The van der Waals surface area contributed by atoms with Crippen molar-refractivity contribution in [2.75, 3.05) is 0 Å². The standard InChI is InChI=1S/C15H10O10S/c16-7-2-1-6(3-8(7)17)11-4-9(18)13-12(24-11)5-10(19)15(14(13)20)25-26(21,22)23/h1-5,16-17,19-20H,(H,21,22,23). The highest BCUT2D eigenvalue weighted by Crippen LogP contribution is 2.42. The van der Waals surface area contributed by atoms with Gasteiger partial charge in [-0.1, -0.05) is 0 Å². The number of fused-ring (bicyclic) bond motifs is 1. The van der Waals surface area contributed by atoms with Crippen LogP contribution in [-0.4, -0.2) is 33.4 Å². The Kier molecular flexibility index (Phi) is 3.89. The predicted molar refractivity (Wildman–Crippen MR) is 86.8 cm³/mol. The van der Waals surface area contributed by atoms with Gasteiger partial charge in [-0.25, -0.2) is 0 Å². The van der Waals surface area contributed by atoms with Crippen molar-refractivity contribution in [3.05, 3.63) is 40.6 Å². The summed E-state index contributed by atoms with van der Waals surface area (Å²) in [5.41, 5.74) is -0.944. The molecule has 0 spiro atoms. The van der Waals surface area contributed by atoms with Crippen LogP contribution in [-0.2, 0) is 10.4 Å². The second-order valence-corrected chi connectivity index (χ2v) is 6.16. The number of aromatic hydroxyl groups is 4. The van der Waals surface area contributed by atoms with Gasteiger partial charge in [0.25, 0.3) is 0 Å². The van der Waals surface area contributed by atoms with Crippen molar-refractivity contribution < 1.29 is 42.0 Å². The van der Waals surface area contributed by atoms with Crippen LogP contribution in [0.5, 0.6) is 28.7 Å². The summed E-state index contributed by atoms with van der Waals surface area (Å²) in [7, 11) is -5.07. The summed E-state index contributed by atoms with van der Waals surface area (Å²) in [5.74, 6) is -3.93. The molecule has 1 aromatic heterocycles. The third-order valence-corrected chi connectivity index (χ3v) is 3.75. The molecule has 10 nitrogen and oxygen atoms in total. The summed E-state index contributed by atoms with van der Waals surface area (Å²) in [6.45, 7) is 0. The van der Waals surface area contributed by atoms with E-state index < -0.39 is 44.2 Å². The van der Waals surface area contributed by atoms with Crippen LogP contribution >= 0.6 is 0 Å². The number of phenols is 4. The topological polar surface area (TPSA) is 175 Å². The molecule has 2 aromatic carbocycles. The van der Waals surface area contributed by atoms with E-state index in [4.69, 9.17) is 8.97 Å². The minimum Gasteiger partial charge on any atom is -0.504 e. The van der Waals surface area contributed by atoms with Crippen molar-refractivity contribution in [3.8, 4) is 40.1 Å². The first-order valence-corrected chi connectivity index (χ1v) is 8.15. The lowest BCUT2D eigenvalue weighted by atomic mass is 10.1.